The van der Waals surface area contributed by atoms with E-state index in [1.54, 1.807) is 0 Å². The molecular formula is C18H27N3O9S3. The molecule has 0 saturated carbocycles. The molecule has 1 aromatic rings. The lowest BCUT2D eigenvalue weighted by atomic mass is 10.5. The number of hydrogen-bond acceptors (Lipinski definition) is 15. The molecule has 0 aliphatic rings. The van der Waals surface area contributed by atoms with E-state index in [0.717, 1.165) is 0 Å². The number of thiol groups is 3. The Morgan fingerprint density at radius 1 is 0.515 bits per heavy atom. The van der Waals surface area contributed by atoms with Gasteiger partial charge in [-0.2, -0.15) is 37.9 Å². The van der Waals surface area contributed by atoms with E-state index in [1.165, 1.54) is 0 Å². The Hall–Kier alpha value is -2.13. The zero-order chi connectivity index (χ0) is 24.3. The van der Waals surface area contributed by atoms with Gasteiger partial charge in [0.1, 0.15) is 39.6 Å². The van der Waals surface area contributed by atoms with Crippen molar-refractivity contribution in [3.05, 3.63) is 0 Å². The molecule has 0 atom stereocenters. The highest BCUT2D eigenvalue weighted by Gasteiger charge is 2.12. The summed E-state index contributed by atoms with van der Waals surface area (Å²) in [5.41, 5.74) is 0. The minimum atomic E-state index is -0.405. The number of esters is 3. The van der Waals surface area contributed by atoms with Crippen molar-refractivity contribution in [3.63, 3.8) is 0 Å². The number of carbonyl (C=O) groups excluding carboxylic acids is 3. The lowest BCUT2D eigenvalue weighted by molar-refractivity contribution is -0.144. The van der Waals surface area contributed by atoms with Gasteiger partial charge in [0, 0.05) is 17.3 Å². The van der Waals surface area contributed by atoms with Gasteiger partial charge in [0.25, 0.3) is 0 Å². The monoisotopic (exact) mass is 525 g/mol. The van der Waals surface area contributed by atoms with Crippen molar-refractivity contribution >= 4 is 55.8 Å². The van der Waals surface area contributed by atoms with Crippen molar-refractivity contribution in [3.8, 4) is 18.0 Å². The highest BCUT2D eigenvalue weighted by Crippen LogP contribution is 2.15. The molecular weight excluding hydrogens is 498 g/mol. The molecule has 0 bridgehead atoms. The van der Waals surface area contributed by atoms with Crippen LogP contribution < -0.4 is 14.2 Å². The SMILES string of the molecule is O=C(CCS)OCCOc1nc(OCCOC(=O)CCS)nc(OCCOC(=O)CCS)n1. The molecule has 0 spiro atoms. The van der Waals surface area contributed by atoms with Crippen LogP contribution in [0.25, 0.3) is 0 Å². The summed E-state index contributed by atoms with van der Waals surface area (Å²) in [5.74, 6) is -0.0837. The first-order valence-electron chi connectivity index (χ1n) is 9.92. The molecule has 1 heterocycles. The maximum absolute atomic E-state index is 11.3. The largest absolute Gasteiger partial charge is 0.462 e. The Balaban J connectivity index is 2.61. The Morgan fingerprint density at radius 2 is 0.788 bits per heavy atom. The van der Waals surface area contributed by atoms with Gasteiger partial charge in [-0.3, -0.25) is 14.4 Å². The van der Waals surface area contributed by atoms with Crippen molar-refractivity contribution in [2.45, 2.75) is 19.3 Å². The smallest absolute Gasteiger partial charge is 0.325 e. The van der Waals surface area contributed by atoms with Gasteiger partial charge in [-0.05, 0) is 0 Å². The summed E-state index contributed by atoms with van der Waals surface area (Å²) in [5, 5.41) is 0. The number of aromatic nitrogens is 3. The van der Waals surface area contributed by atoms with Crippen molar-refractivity contribution in [2.75, 3.05) is 56.9 Å². The lowest BCUT2D eigenvalue weighted by Crippen LogP contribution is -2.17. The van der Waals surface area contributed by atoms with E-state index in [9.17, 15) is 14.4 Å². The van der Waals surface area contributed by atoms with E-state index < -0.39 is 17.9 Å². The molecule has 0 amide bonds. The molecule has 12 nitrogen and oxygen atoms in total. The van der Waals surface area contributed by atoms with Crippen molar-refractivity contribution in [1.82, 2.24) is 15.0 Å². The number of carbonyl (C=O) groups is 3. The van der Waals surface area contributed by atoms with E-state index in [2.05, 4.69) is 52.8 Å². The van der Waals surface area contributed by atoms with E-state index >= 15 is 0 Å². The van der Waals surface area contributed by atoms with Crippen LogP contribution in [0, 0.1) is 0 Å². The molecule has 1 aromatic heterocycles. The van der Waals surface area contributed by atoms with E-state index in [1.807, 2.05) is 0 Å². The second-order valence-electron chi connectivity index (χ2n) is 5.81. The number of hydrogen-bond donors (Lipinski definition) is 3. The van der Waals surface area contributed by atoms with Crippen molar-refractivity contribution in [1.29, 1.82) is 0 Å². The average molecular weight is 526 g/mol. The van der Waals surface area contributed by atoms with Gasteiger partial charge in [0.15, 0.2) is 0 Å². The Bertz CT molecular complexity index is 636. The second kappa shape index (κ2) is 18.3. The molecule has 1 rings (SSSR count). The third-order valence-electron chi connectivity index (χ3n) is 3.25. The second-order valence-corrected chi connectivity index (χ2v) is 7.15. The van der Waals surface area contributed by atoms with Crippen LogP contribution in [-0.2, 0) is 28.6 Å². The Labute approximate surface area is 207 Å². The van der Waals surface area contributed by atoms with E-state index in [0.29, 0.717) is 17.3 Å². The number of ether oxygens (including phenoxy) is 6. The lowest BCUT2D eigenvalue weighted by Gasteiger charge is -2.10. The van der Waals surface area contributed by atoms with Gasteiger partial charge in [0.05, 0.1) is 19.3 Å². The molecule has 186 valence electrons. The van der Waals surface area contributed by atoms with Crippen LogP contribution in [-0.4, -0.2) is 89.8 Å². The fourth-order valence-corrected chi connectivity index (χ4v) is 2.42. The normalized spacial score (nSPS) is 10.3. The van der Waals surface area contributed by atoms with Crippen LogP contribution >= 0.6 is 37.9 Å². The minimum absolute atomic E-state index is 0.0210. The third kappa shape index (κ3) is 14.6. The molecule has 33 heavy (non-hydrogen) atoms. The predicted molar refractivity (Wildman–Crippen MR) is 125 cm³/mol. The van der Waals surface area contributed by atoms with Gasteiger partial charge >= 0.3 is 35.9 Å². The van der Waals surface area contributed by atoms with Crippen LogP contribution in [0.3, 0.4) is 0 Å². The van der Waals surface area contributed by atoms with E-state index in [4.69, 9.17) is 28.4 Å². The predicted octanol–water partition coefficient (Wildman–Crippen LogP) is 0.597. The van der Waals surface area contributed by atoms with E-state index in [-0.39, 0.29) is 76.9 Å². The molecule has 0 saturated heterocycles. The Morgan fingerprint density at radius 3 is 1.03 bits per heavy atom. The standard InChI is InChI=1S/C18H27N3O9S3/c22-13(1-10-31)25-4-7-28-16-19-17(29-8-5-26-14(23)2-11-32)21-18(20-16)30-9-6-27-15(24)3-12-33/h31-33H,1-12H2. The molecule has 0 aliphatic carbocycles. The molecule has 0 fully saturated rings. The minimum Gasteiger partial charge on any atom is -0.462 e. The Kier molecular flexibility index (Phi) is 16.0. The van der Waals surface area contributed by atoms with Crippen LogP contribution in [0.2, 0.25) is 0 Å². The van der Waals surface area contributed by atoms with Crippen LogP contribution in [0.5, 0.6) is 18.0 Å². The van der Waals surface area contributed by atoms with Crippen LogP contribution in [0.1, 0.15) is 19.3 Å². The summed E-state index contributed by atoms with van der Waals surface area (Å²) in [7, 11) is 0. The average Bonchev–Trinajstić information content (AvgIpc) is 2.78. The van der Waals surface area contributed by atoms with Crippen molar-refractivity contribution < 1.29 is 42.8 Å². The molecule has 0 N–H and O–H groups in total. The van der Waals surface area contributed by atoms with Gasteiger partial charge in [-0.15, -0.1) is 15.0 Å². The summed E-state index contributed by atoms with van der Waals surface area (Å²) >= 11 is 11.8. The summed E-state index contributed by atoms with van der Waals surface area (Å²) in [4.78, 5) is 46.0. The van der Waals surface area contributed by atoms with Crippen LogP contribution in [0.4, 0.5) is 0 Å². The first kappa shape index (κ1) is 28.9. The summed E-state index contributed by atoms with van der Waals surface area (Å²) < 4.78 is 30.9. The third-order valence-corrected chi connectivity index (χ3v) is 3.93. The highest BCUT2D eigenvalue weighted by atomic mass is 32.1. The molecule has 0 unspecified atom stereocenters. The highest BCUT2D eigenvalue weighted by molar-refractivity contribution is 7.80. The zero-order valence-electron chi connectivity index (χ0n) is 17.8. The van der Waals surface area contributed by atoms with Crippen LogP contribution in [0.15, 0.2) is 0 Å². The number of nitrogens with zero attached hydrogens (tertiary/aromatic N) is 3. The fourth-order valence-electron chi connectivity index (χ4n) is 1.87. The topological polar surface area (TPSA) is 145 Å². The summed E-state index contributed by atoms with van der Waals surface area (Å²) in [6.45, 7) is -0.135. The van der Waals surface area contributed by atoms with Gasteiger partial charge in [0.2, 0.25) is 0 Å². The maximum Gasteiger partial charge on any atom is 0.325 e. The summed E-state index contributed by atoms with van der Waals surface area (Å²) in [6.07, 6.45) is 0.548. The van der Waals surface area contributed by atoms with Gasteiger partial charge in [-0.1, -0.05) is 0 Å². The molecule has 0 aromatic carbocycles. The zero-order valence-corrected chi connectivity index (χ0v) is 20.5. The maximum atomic E-state index is 11.3. The molecule has 15 heteroatoms. The molecule has 0 radical (unpaired) electrons. The van der Waals surface area contributed by atoms with Crippen molar-refractivity contribution in [2.24, 2.45) is 0 Å². The number of rotatable bonds is 18. The molecule has 0 aliphatic heterocycles. The quantitative estimate of drug-likeness (QED) is 0.107. The first-order chi connectivity index (χ1) is 16.0. The first-order valence-corrected chi connectivity index (χ1v) is 11.8. The van der Waals surface area contributed by atoms with Gasteiger partial charge in [-0.25, -0.2) is 0 Å². The van der Waals surface area contributed by atoms with Gasteiger partial charge < -0.3 is 28.4 Å². The fraction of sp³-hybridized carbons (Fsp3) is 0.667. The summed E-state index contributed by atoms with van der Waals surface area (Å²) in [6, 6.07) is -0.418.